The van der Waals surface area contributed by atoms with Crippen LogP contribution in [0.25, 0.3) is 10.9 Å². The highest BCUT2D eigenvalue weighted by Crippen LogP contribution is 2.32. The van der Waals surface area contributed by atoms with Crippen molar-refractivity contribution in [3.05, 3.63) is 59.3 Å². The van der Waals surface area contributed by atoms with Crippen molar-refractivity contribution < 1.29 is 9.53 Å². The van der Waals surface area contributed by atoms with Gasteiger partial charge in [-0.2, -0.15) is 0 Å². The number of carbonyl (C=O) groups is 1. The number of methoxy groups -OCH3 is 1. The molecule has 1 unspecified atom stereocenters. The van der Waals surface area contributed by atoms with Gasteiger partial charge in [0.25, 0.3) is 0 Å². The van der Waals surface area contributed by atoms with Crippen LogP contribution in [0.2, 0.25) is 0 Å². The van der Waals surface area contributed by atoms with Crippen LogP contribution in [0.3, 0.4) is 0 Å². The van der Waals surface area contributed by atoms with Gasteiger partial charge >= 0.3 is 6.03 Å². The molecule has 1 atom stereocenters. The zero-order valence-corrected chi connectivity index (χ0v) is 14.3. The predicted octanol–water partition coefficient (Wildman–Crippen LogP) is 3.77. The minimum atomic E-state index is -0.166. The highest BCUT2D eigenvalue weighted by Gasteiger charge is 2.26. The number of H-pyrrole nitrogens is 1. The zero-order valence-electron chi connectivity index (χ0n) is 14.3. The van der Waals surface area contributed by atoms with Gasteiger partial charge in [-0.1, -0.05) is 17.7 Å². The maximum absolute atomic E-state index is 12.2. The Morgan fingerprint density at radius 3 is 2.72 bits per heavy atom. The summed E-state index contributed by atoms with van der Waals surface area (Å²) in [4.78, 5) is 15.7. The van der Waals surface area contributed by atoms with E-state index < -0.39 is 0 Å². The standard InChI is InChI=1S/C20H21N3O2/c1-12-3-5-13(6-4-12)21-20(24)22-14-9-16-17-11-15(25-2)7-8-18(17)23-19(16)10-14/h3-8,11,14,23H,9-10H2,1-2H3,(H2,21,22,24). The van der Waals surface area contributed by atoms with Gasteiger partial charge in [-0.25, -0.2) is 4.79 Å². The van der Waals surface area contributed by atoms with Crippen LogP contribution in [0.4, 0.5) is 10.5 Å². The number of urea groups is 1. The molecule has 3 aromatic rings. The lowest BCUT2D eigenvalue weighted by Gasteiger charge is -2.13. The lowest BCUT2D eigenvalue weighted by molar-refractivity contribution is 0.249. The van der Waals surface area contributed by atoms with E-state index >= 15 is 0 Å². The molecule has 0 saturated heterocycles. The number of hydrogen-bond acceptors (Lipinski definition) is 2. The maximum atomic E-state index is 12.2. The van der Waals surface area contributed by atoms with E-state index in [0.717, 1.165) is 29.8 Å². The molecule has 25 heavy (non-hydrogen) atoms. The fraction of sp³-hybridized carbons (Fsp3) is 0.250. The van der Waals surface area contributed by atoms with Gasteiger partial charge in [-0.15, -0.1) is 0 Å². The van der Waals surface area contributed by atoms with Crippen LogP contribution in [-0.2, 0) is 12.8 Å². The Morgan fingerprint density at radius 2 is 1.96 bits per heavy atom. The normalized spacial score (nSPS) is 15.8. The molecule has 1 aliphatic carbocycles. The molecule has 0 aliphatic heterocycles. The smallest absolute Gasteiger partial charge is 0.319 e. The molecule has 4 rings (SSSR count). The van der Waals surface area contributed by atoms with Crippen LogP contribution in [-0.4, -0.2) is 24.2 Å². The summed E-state index contributed by atoms with van der Waals surface area (Å²) in [5, 5.41) is 7.14. The second-order valence-electron chi connectivity index (χ2n) is 6.56. The van der Waals surface area contributed by atoms with E-state index in [1.54, 1.807) is 7.11 Å². The molecule has 1 aliphatic rings. The molecule has 0 spiro atoms. The van der Waals surface area contributed by atoms with Gasteiger partial charge in [-0.3, -0.25) is 0 Å². The summed E-state index contributed by atoms with van der Waals surface area (Å²) in [6.45, 7) is 2.02. The molecule has 5 nitrogen and oxygen atoms in total. The van der Waals surface area contributed by atoms with Gasteiger partial charge in [0.15, 0.2) is 0 Å². The predicted molar refractivity (Wildman–Crippen MR) is 99.4 cm³/mol. The average Bonchev–Trinajstić information content (AvgIpc) is 3.13. The number of rotatable bonds is 3. The molecule has 0 fully saturated rings. The first-order valence-electron chi connectivity index (χ1n) is 8.44. The van der Waals surface area contributed by atoms with Crippen molar-refractivity contribution in [2.24, 2.45) is 0 Å². The van der Waals surface area contributed by atoms with E-state index in [4.69, 9.17) is 4.74 Å². The average molecular weight is 335 g/mol. The monoisotopic (exact) mass is 335 g/mol. The fourth-order valence-electron chi connectivity index (χ4n) is 3.47. The summed E-state index contributed by atoms with van der Waals surface area (Å²) in [6.07, 6.45) is 1.64. The third-order valence-corrected chi connectivity index (χ3v) is 4.75. The molecule has 0 radical (unpaired) electrons. The van der Waals surface area contributed by atoms with Gasteiger partial charge in [0.1, 0.15) is 5.75 Å². The first-order valence-corrected chi connectivity index (χ1v) is 8.44. The topological polar surface area (TPSA) is 66.1 Å². The fourth-order valence-corrected chi connectivity index (χ4v) is 3.47. The SMILES string of the molecule is COc1ccc2[nH]c3c(c2c1)CC(NC(=O)Nc1ccc(C)cc1)C3. The number of fused-ring (bicyclic) bond motifs is 3. The summed E-state index contributed by atoms with van der Waals surface area (Å²) in [6, 6.07) is 13.8. The third-order valence-electron chi connectivity index (χ3n) is 4.75. The minimum absolute atomic E-state index is 0.0994. The van der Waals surface area contributed by atoms with E-state index in [1.807, 2.05) is 43.3 Å². The highest BCUT2D eigenvalue weighted by molar-refractivity contribution is 5.90. The second-order valence-corrected chi connectivity index (χ2v) is 6.56. The number of aromatic amines is 1. The molecule has 2 aromatic carbocycles. The second kappa shape index (κ2) is 6.16. The number of ether oxygens (including phenoxy) is 1. The van der Waals surface area contributed by atoms with E-state index in [1.165, 1.54) is 22.2 Å². The summed E-state index contributed by atoms with van der Waals surface area (Å²) in [5.74, 6) is 0.850. The van der Waals surface area contributed by atoms with Gasteiger partial charge < -0.3 is 20.4 Å². The largest absolute Gasteiger partial charge is 0.497 e. The van der Waals surface area contributed by atoms with Crippen LogP contribution in [0, 0.1) is 6.92 Å². The van der Waals surface area contributed by atoms with Crippen LogP contribution in [0.15, 0.2) is 42.5 Å². The molecular weight excluding hydrogens is 314 g/mol. The number of aromatic nitrogens is 1. The number of carbonyl (C=O) groups excluding carboxylic acids is 1. The summed E-state index contributed by atoms with van der Waals surface area (Å²) >= 11 is 0. The number of amides is 2. The third kappa shape index (κ3) is 3.05. The van der Waals surface area contributed by atoms with Crippen LogP contribution >= 0.6 is 0 Å². The molecule has 2 amide bonds. The summed E-state index contributed by atoms with van der Waals surface area (Å²) < 4.78 is 5.32. The van der Waals surface area contributed by atoms with Crippen LogP contribution in [0.1, 0.15) is 16.8 Å². The van der Waals surface area contributed by atoms with Gasteiger partial charge in [0.2, 0.25) is 0 Å². The molecule has 1 heterocycles. The first kappa shape index (κ1) is 15.6. The Hall–Kier alpha value is -2.95. The number of hydrogen-bond donors (Lipinski definition) is 3. The van der Waals surface area contributed by atoms with E-state index in [0.29, 0.717) is 0 Å². The van der Waals surface area contributed by atoms with Crippen molar-refractivity contribution >= 4 is 22.6 Å². The van der Waals surface area contributed by atoms with Crippen molar-refractivity contribution in [1.29, 1.82) is 0 Å². The molecule has 1 aromatic heterocycles. The Labute approximate surface area is 146 Å². The van der Waals surface area contributed by atoms with E-state index in [-0.39, 0.29) is 12.1 Å². The highest BCUT2D eigenvalue weighted by atomic mass is 16.5. The Balaban J connectivity index is 1.44. The summed E-state index contributed by atoms with van der Waals surface area (Å²) in [7, 11) is 1.67. The van der Waals surface area contributed by atoms with Gasteiger partial charge in [-0.05, 0) is 49.2 Å². The van der Waals surface area contributed by atoms with Gasteiger partial charge in [0.05, 0.1) is 7.11 Å². The number of benzene rings is 2. The lowest BCUT2D eigenvalue weighted by atomic mass is 10.1. The zero-order chi connectivity index (χ0) is 17.4. The maximum Gasteiger partial charge on any atom is 0.319 e. The van der Waals surface area contributed by atoms with Crippen LogP contribution < -0.4 is 15.4 Å². The van der Waals surface area contributed by atoms with Crippen molar-refractivity contribution in [1.82, 2.24) is 10.3 Å². The van der Waals surface area contributed by atoms with Gasteiger partial charge in [0, 0.05) is 34.7 Å². The van der Waals surface area contributed by atoms with Crippen molar-refractivity contribution in [3.8, 4) is 5.75 Å². The number of aryl methyl sites for hydroxylation is 1. The molecule has 0 bridgehead atoms. The quantitative estimate of drug-likeness (QED) is 0.682. The minimum Gasteiger partial charge on any atom is -0.497 e. The molecule has 128 valence electrons. The lowest BCUT2D eigenvalue weighted by Crippen LogP contribution is -2.38. The molecular formula is C20H21N3O2. The Kier molecular flexibility index (Phi) is 3.84. The Morgan fingerprint density at radius 1 is 1.16 bits per heavy atom. The number of anilines is 1. The molecule has 5 heteroatoms. The number of nitrogens with one attached hydrogen (secondary N) is 3. The van der Waals surface area contributed by atoms with E-state index in [2.05, 4.69) is 21.7 Å². The first-order chi connectivity index (χ1) is 12.1. The molecule has 0 saturated carbocycles. The molecule has 3 N–H and O–H groups in total. The van der Waals surface area contributed by atoms with E-state index in [9.17, 15) is 4.79 Å². The van der Waals surface area contributed by atoms with Crippen molar-refractivity contribution in [2.75, 3.05) is 12.4 Å². The van der Waals surface area contributed by atoms with Crippen LogP contribution in [0.5, 0.6) is 5.75 Å². The van der Waals surface area contributed by atoms with Crippen molar-refractivity contribution in [2.45, 2.75) is 25.8 Å². The summed E-state index contributed by atoms with van der Waals surface area (Å²) in [5.41, 5.74) is 5.56. The Bertz CT molecular complexity index is 928. The van der Waals surface area contributed by atoms with Crippen molar-refractivity contribution in [3.63, 3.8) is 0 Å².